The van der Waals surface area contributed by atoms with Gasteiger partial charge < -0.3 is 5.32 Å². The first-order chi connectivity index (χ1) is 5.72. The van der Waals surface area contributed by atoms with Crippen molar-refractivity contribution in [1.29, 1.82) is 5.26 Å². The number of amides is 1. The van der Waals surface area contributed by atoms with Gasteiger partial charge in [-0.1, -0.05) is 6.92 Å². The lowest BCUT2D eigenvalue weighted by Crippen LogP contribution is -2.47. The minimum absolute atomic E-state index is 0.0287. The van der Waals surface area contributed by atoms with E-state index < -0.39 is 5.54 Å². The molecule has 1 fully saturated rings. The molecule has 1 rings (SSSR count). The van der Waals surface area contributed by atoms with E-state index in [0.29, 0.717) is 6.42 Å². The number of carbonyl (C=O) groups excluding carboxylic acids is 1. The largest absolute Gasteiger partial charge is 0.337 e. The Balaban J connectivity index is 2.57. The third-order valence-corrected chi connectivity index (χ3v) is 3.13. The molecule has 1 N–H and O–H groups in total. The first-order valence-electron chi connectivity index (χ1n) is 4.02. The molecule has 4 heteroatoms. The van der Waals surface area contributed by atoms with E-state index >= 15 is 0 Å². The Labute approximate surface area is 76.5 Å². The van der Waals surface area contributed by atoms with Gasteiger partial charge in [-0.15, -0.1) is 0 Å². The standard InChI is InChI=1S/C8H12N2OS/c1-2-7(11)10-8(5-9)3-4-12-6-8/h2-4,6H2,1H3,(H,10,11). The smallest absolute Gasteiger partial charge is 0.220 e. The van der Waals surface area contributed by atoms with Crippen molar-refractivity contribution in [3.8, 4) is 6.07 Å². The molecule has 1 saturated heterocycles. The zero-order valence-electron chi connectivity index (χ0n) is 7.09. The molecular formula is C8H12N2OS. The van der Waals surface area contributed by atoms with Gasteiger partial charge in [-0.25, -0.2) is 0 Å². The molecule has 66 valence electrons. The van der Waals surface area contributed by atoms with Crippen molar-refractivity contribution in [2.45, 2.75) is 25.3 Å². The molecule has 1 aliphatic heterocycles. The van der Waals surface area contributed by atoms with Gasteiger partial charge in [0, 0.05) is 12.2 Å². The monoisotopic (exact) mass is 184 g/mol. The van der Waals surface area contributed by atoms with E-state index in [0.717, 1.165) is 17.9 Å². The number of nitriles is 1. The number of thioether (sulfide) groups is 1. The molecule has 0 spiro atoms. The van der Waals surface area contributed by atoms with Crippen molar-refractivity contribution in [3.63, 3.8) is 0 Å². The van der Waals surface area contributed by atoms with Gasteiger partial charge in [0.05, 0.1) is 6.07 Å². The summed E-state index contributed by atoms with van der Waals surface area (Å²) in [6, 6.07) is 2.19. The van der Waals surface area contributed by atoms with E-state index in [4.69, 9.17) is 5.26 Å². The van der Waals surface area contributed by atoms with Crippen LogP contribution in [-0.4, -0.2) is 23.0 Å². The summed E-state index contributed by atoms with van der Waals surface area (Å²) in [6.45, 7) is 1.79. The maximum absolute atomic E-state index is 11.1. The molecule has 1 aliphatic rings. The van der Waals surface area contributed by atoms with Gasteiger partial charge in [-0.3, -0.25) is 4.79 Å². The summed E-state index contributed by atoms with van der Waals surface area (Å²) in [6.07, 6.45) is 1.23. The zero-order valence-corrected chi connectivity index (χ0v) is 7.91. The van der Waals surface area contributed by atoms with Crippen molar-refractivity contribution in [2.24, 2.45) is 0 Å². The van der Waals surface area contributed by atoms with Crippen LogP contribution < -0.4 is 5.32 Å². The van der Waals surface area contributed by atoms with E-state index in [-0.39, 0.29) is 5.91 Å². The maximum Gasteiger partial charge on any atom is 0.220 e. The number of rotatable bonds is 2. The van der Waals surface area contributed by atoms with Gasteiger partial charge in [-0.05, 0) is 12.2 Å². The molecule has 1 atom stereocenters. The summed E-state index contributed by atoms with van der Waals surface area (Å²) < 4.78 is 0. The second-order valence-electron chi connectivity index (χ2n) is 2.90. The predicted molar refractivity (Wildman–Crippen MR) is 48.7 cm³/mol. The fraction of sp³-hybridized carbons (Fsp3) is 0.750. The second kappa shape index (κ2) is 3.81. The van der Waals surface area contributed by atoms with Gasteiger partial charge in [0.15, 0.2) is 0 Å². The van der Waals surface area contributed by atoms with Crippen LogP contribution in [0, 0.1) is 11.3 Å². The summed E-state index contributed by atoms with van der Waals surface area (Å²) in [5.74, 6) is 1.67. The summed E-state index contributed by atoms with van der Waals surface area (Å²) in [5, 5.41) is 11.7. The first kappa shape index (κ1) is 9.40. The maximum atomic E-state index is 11.1. The lowest BCUT2D eigenvalue weighted by atomic mass is 10.0. The average Bonchev–Trinajstić information content (AvgIpc) is 2.54. The second-order valence-corrected chi connectivity index (χ2v) is 4.00. The molecule has 3 nitrogen and oxygen atoms in total. The van der Waals surface area contributed by atoms with Crippen LogP contribution in [0.4, 0.5) is 0 Å². The summed E-state index contributed by atoms with van der Waals surface area (Å²) in [7, 11) is 0. The molecule has 1 unspecified atom stereocenters. The highest BCUT2D eigenvalue weighted by Crippen LogP contribution is 2.27. The lowest BCUT2D eigenvalue weighted by molar-refractivity contribution is -0.121. The fourth-order valence-electron chi connectivity index (χ4n) is 1.13. The molecule has 0 bridgehead atoms. The fourth-order valence-corrected chi connectivity index (χ4v) is 2.40. The first-order valence-corrected chi connectivity index (χ1v) is 5.18. The summed E-state index contributed by atoms with van der Waals surface area (Å²) in [5.41, 5.74) is -0.572. The number of hydrogen-bond acceptors (Lipinski definition) is 3. The highest BCUT2D eigenvalue weighted by Gasteiger charge is 2.35. The number of nitrogens with one attached hydrogen (secondary N) is 1. The average molecular weight is 184 g/mol. The molecule has 0 saturated carbocycles. The molecule has 1 heterocycles. The van der Waals surface area contributed by atoms with Gasteiger partial charge in [0.1, 0.15) is 5.54 Å². The van der Waals surface area contributed by atoms with Crippen LogP contribution in [0.3, 0.4) is 0 Å². The molecule has 0 aromatic rings. The van der Waals surface area contributed by atoms with Crippen molar-refractivity contribution in [3.05, 3.63) is 0 Å². The third-order valence-electron chi connectivity index (χ3n) is 1.94. The number of hydrogen-bond donors (Lipinski definition) is 1. The highest BCUT2D eigenvalue weighted by molar-refractivity contribution is 7.99. The number of carbonyl (C=O) groups is 1. The van der Waals surface area contributed by atoms with Gasteiger partial charge in [0.2, 0.25) is 5.91 Å². The van der Waals surface area contributed by atoms with Crippen LogP contribution in [0.2, 0.25) is 0 Å². The molecule has 0 radical (unpaired) electrons. The molecule has 0 aromatic heterocycles. The molecule has 0 aliphatic carbocycles. The summed E-state index contributed by atoms with van der Waals surface area (Å²) >= 11 is 1.72. The third kappa shape index (κ3) is 1.92. The quantitative estimate of drug-likeness (QED) is 0.694. The van der Waals surface area contributed by atoms with Crippen molar-refractivity contribution >= 4 is 17.7 Å². The van der Waals surface area contributed by atoms with Crippen molar-refractivity contribution in [1.82, 2.24) is 5.32 Å². The van der Waals surface area contributed by atoms with Gasteiger partial charge in [0.25, 0.3) is 0 Å². The van der Waals surface area contributed by atoms with Crippen LogP contribution >= 0.6 is 11.8 Å². The Morgan fingerprint density at radius 2 is 2.58 bits per heavy atom. The van der Waals surface area contributed by atoms with Crippen molar-refractivity contribution < 1.29 is 4.79 Å². The van der Waals surface area contributed by atoms with E-state index in [2.05, 4.69) is 11.4 Å². The Morgan fingerprint density at radius 1 is 1.83 bits per heavy atom. The van der Waals surface area contributed by atoms with Crippen LogP contribution in [0.5, 0.6) is 0 Å². The SMILES string of the molecule is CCC(=O)NC1(C#N)CCSC1. The summed E-state index contributed by atoms with van der Waals surface area (Å²) in [4.78, 5) is 11.1. The van der Waals surface area contributed by atoms with E-state index in [1.165, 1.54) is 0 Å². The van der Waals surface area contributed by atoms with Crippen molar-refractivity contribution in [2.75, 3.05) is 11.5 Å². The van der Waals surface area contributed by atoms with Crippen LogP contribution in [0.25, 0.3) is 0 Å². The van der Waals surface area contributed by atoms with Crippen LogP contribution in [0.15, 0.2) is 0 Å². The molecule has 1 amide bonds. The number of nitrogens with zero attached hydrogens (tertiary/aromatic N) is 1. The van der Waals surface area contributed by atoms with E-state index in [9.17, 15) is 4.79 Å². The normalized spacial score (nSPS) is 28.0. The van der Waals surface area contributed by atoms with Crippen LogP contribution in [0.1, 0.15) is 19.8 Å². The van der Waals surface area contributed by atoms with Gasteiger partial charge >= 0.3 is 0 Å². The van der Waals surface area contributed by atoms with E-state index in [1.54, 1.807) is 18.7 Å². The minimum atomic E-state index is -0.572. The molecule has 0 aromatic carbocycles. The highest BCUT2D eigenvalue weighted by atomic mass is 32.2. The Morgan fingerprint density at radius 3 is 3.00 bits per heavy atom. The predicted octanol–water partition coefficient (Wildman–Crippen LogP) is 0.912. The molecular weight excluding hydrogens is 172 g/mol. The van der Waals surface area contributed by atoms with Gasteiger partial charge in [-0.2, -0.15) is 17.0 Å². The van der Waals surface area contributed by atoms with Crippen LogP contribution in [-0.2, 0) is 4.79 Å². The minimum Gasteiger partial charge on any atom is -0.337 e. The Hall–Kier alpha value is -0.690. The molecule has 12 heavy (non-hydrogen) atoms. The lowest BCUT2D eigenvalue weighted by Gasteiger charge is -2.20. The zero-order chi connectivity index (χ0) is 9.03. The Kier molecular flexibility index (Phi) is 2.99. The topological polar surface area (TPSA) is 52.9 Å². The Bertz CT molecular complexity index is 216. The van der Waals surface area contributed by atoms with E-state index in [1.807, 2.05) is 0 Å².